The topological polar surface area (TPSA) is 84.4 Å². The number of amides is 3. The van der Waals surface area contributed by atoms with Gasteiger partial charge >= 0.3 is 12.4 Å². The smallest absolute Gasteiger partial charge is 0.406 e. The van der Waals surface area contributed by atoms with E-state index in [1.165, 1.54) is 12.1 Å². The molecule has 10 heteroatoms. The molecule has 0 aliphatic carbocycles. The third kappa shape index (κ3) is 4.70. The van der Waals surface area contributed by atoms with Crippen LogP contribution in [0.25, 0.3) is 21.8 Å². The largest absolute Gasteiger partial charge is 0.573 e. The van der Waals surface area contributed by atoms with Gasteiger partial charge in [-0.05, 0) is 72.5 Å². The lowest BCUT2D eigenvalue weighted by atomic mass is 9.68. The van der Waals surface area contributed by atoms with Gasteiger partial charge in [0, 0.05) is 35.0 Å². The van der Waals surface area contributed by atoms with Crippen LogP contribution in [0.15, 0.2) is 85.2 Å². The number of para-hydroxylation sites is 2. The summed E-state index contributed by atoms with van der Waals surface area (Å²) in [5, 5.41) is 4.77. The summed E-state index contributed by atoms with van der Waals surface area (Å²) in [4.78, 5) is 38.7. The average Bonchev–Trinajstić information content (AvgIpc) is 3.26. The van der Waals surface area contributed by atoms with Gasteiger partial charge in [0.05, 0.1) is 16.7 Å². The number of hydrogen-bond donors (Lipinski definition) is 1. The van der Waals surface area contributed by atoms with Gasteiger partial charge in [0.2, 0.25) is 0 Å². The Morgan fingerprint density at radius 1 is 0.773 bits per heavy atom. The highest BCUT2D eigenvalue weighted by Crippen LogP contribution is 2.47. The molecule has 0 bridgehead atoms. The first kappa shape index (κ1) is 29.1. The second-order valence-corrected chi connectivity index (χ2v) is 11.2. The molecule has 2 unspecified atom stereocenters. The Morgan fingerprint density at radius 3 is 1.75 bits per heavy atom. The van der Waals surface area contributed by atoms with Gasteiger partial charge in [0.1, 0.15) is 11.3 Å². The number of aryl methyl sites for hydroxylation is 2. The highest BCUT2D eigenvalue weighted by atomic mass is 19.4. The minimum absolute atomic E-state index is 0.120. The van der Waals surface area contributed by atoms with E-state index in [0.29, 0.717) is 0 Å². The first-order valence-corrected chi connectivity index (χ1v) is 14.1. The number of nitrogens with zero attached hydrogens (tertiary/aromatic N) is 3. The van der Waals surface area contributed by atoms with Gasteiger partial charge in [-0.1, -0.05) is 50.2 Å². The molecule has 3 aromatic carbocycles. The van der Waals surface area contributed by atoms with E-state index in [1.54, 1.807) is 12.4 Å². The molecule has 224 valence electrons. The fourth-order valence-corrected chi connectivity index (χ4v) is 6.49. The zero-order chi connectivity index (χ0) is 31.4. The number of anilines is 1. The van der Waals surface area contributed by atoms with Crippen molar-refractivity contribution in [2.75, 3.05) is 4.90 Å². The van der Waals surface area contributed by atoms with Crippen LogP contribution < -0.4 is 15.0 Å². The molecule has 1 aliphatic heterocycles. The molecule has 3 amide bonds. The number of carbonyl (C=O) groups excluding carboxylic acids is 2. The normalized spacial score (nSPS) is 18.5. The first-order valence-electron chi connectivity index (χ1n) is 14.1. The molecule has 0 saturated carbocycles. The quantitative estimate of drug-likeness (QED) is 0.203. The number of rotatable bonds is 6. The number of nitrogens with one attached hydrogen (secondary N) is 1. The van der Waals surface area contributed by atoms with Gasteiger partial charge in [-0.15, -0.1) is 13.2 Å². The number of benzene rings is 3. The number of alkyl halides is 3. The molecule has 1 N–H and O–H groups in total. The van der Waals surface area contributed by atoms with Crippen LogP contribution in [-0.2, 0) is 4.79 Å². The minimum atomic E-state index is -4.88. The van der Waals surface area contributed by atoms with Crippen molar-refractivity contribution in [2.45, 2.75) is 51.4 Å². The predicted molar refractivity (Wildman–Crippen MR) is 162 cm³/mol. The van der Waals surface area contributed by atoms with Crippen molar-refractivity contribution in [1.82, 2.24) is 15.3 Å². The van der Waals surface area contributed by atoms with Crippen molar-refractivity contribution >= 4 is 39.4 Å². The molecule has 1 fully saturated rings. The fraction of sp³-hybridized carbons (Fsp3) is 0.235. The highest BCUT2D eigenvalue weighted by molar-refractivity contribution is 6.24. The minimum Gasteiger partial charge on any atom is -0.406 e. The molecule has 2 aromatic heterocycles. The van der Waals surface area contributed by atoms with Crippen LogP contribution >= 0.6 is 0 Å². The molecular formula is C34H29F3N4O3. The number of halogens is 3. The summed E-state index contributed by atoms with van der Waals surface area (Å²) < 4.78 is 42.3. The summed E-state index contributed by atoms with van der Waals surface area (Å²) in [5.41, 5.74) is 3.80. The van der Waals surface area contributed by atoms with Crippen molar-refractivity contribution in [1.29, 1.82) is 0 Å². The lowest BCUT2D eigenvalue weighted by Gasteiger charge is -2.39. The zero-order valence-electron chi connectivity index (χ0n) is 24.4. The van der Waals surface area contributed by atoms with Gasteiger partial charge in [-0.2, -0.15) is 0 Å². The lowest BCUT2D eigenvalue weighted by molar-refractivity contribution is -0.274. The first-order chi connectivity index (χ1) is 20.9. The maximum Gasteiger partial charge on any atom is 0.573 e. The van der Waals surface area contributed by atoms with E-state index in [-0.39, 0.29) is 5.69 Å². The van der Waals surface area contributed by atoms with Crippen LogP contribution in [0, 0.1) is 13.8 Å². The van der Waals surface area contributed by atoms with E-state index in [1.807, 2.05) is 76.2 Å². The number of ether oxygens (including phenoxy) is 1. The third-order valence-electron chi connectivity index (χ3n) is 8.71. The highest BCUT2D eigenvalue weighted by Gasteiger charge is 2.59. The molecule has 7 nitrogen and oxygen atoms in total. The van der Waals surface area contributed by atoms with Crippen LogP contribution in [0.2, 0.25) is 0 Å². The molecule has 0 spiro atoms. The zero-order valence-corrected chi connectivity index (χ0v) is 24.4. The summed E-state index contributed by atoms with van der Waals surface area (Å²) in [6.45, 7) is 7.74. The summed E-state index contributed by atoms with van der Waals surface area (Å²) in [6.07, 6.45) is -1.48. The molecule has 5 aromatic rings. The number of imide groups is 1. The summed E-state index contributed by atoms with van der Waals surface area (Å²) in [7, 11) is 0. The summed E-state index contributed by atoms with van der Waals surface area (Å²) in [5.74, 6) is -2.11. The van der Waals surface area contributed by atoms with Crippen molar-refractivity contribution in [3.63, 3.8) is 0 Å². The predicted octanol–water partition coefficient (Wildman–Crippen LogP) is 7.70. The van der Waals surface area contributed by atoms with Gasteiger partial charge < -0.3 is 10.1 Å². The Kier molecular flexibility index (Phi) is 7.02. The Labute approximate surface area is 251 Å². The SMILES string of the molecule is Cc1cccc2c(C(C)C3(C(C)c4ccnc5c(C)cccc45)NC(=O)N(c4ccc(OC(F)(F)F)cc4)C3=O)ccnc12. The van der Waals surface area contributed by atoms with Gasteiger partial charge in [0.25, 0.3) is 5.91 Å². The van der Waals surface area contributed by atoms with E-state index in [2.05, 4.69) is 20.0 Å². The van der Waals surface area contributed by atoms with Crippen molar-refractivity contribution in [3.8, 4) is 5.75 Å². The van der Waals surface area contributed by atoms with Crippen LogP contribution in [-0.4, -0.2) is 33.8 Å². The number of urea groups is 1. The maximum atomic E-state index is 14.8. The Bertz CT molecular complexity index is 1830. The Balaban J connectivity index is 1.53. The van der Waals surface area contributed by atoms with Crippen LogP contribution in [0.5, 0.6) is 5.75 Å². The molecule has 6 rings (SSSR count). The Hall–Kier alpha value is -4.99. The van der Waals surface area contributed by atoms with Gasteiger partial charge in [-0.25, -0.2) is 9.69 Å². The van der Waals surface area contributed by atoms with Crippen molar-refractivity contribution in [2.24, 2.45) is 0 Å². The lowest BCUT2D eigenvalue weighted by Crippen LogP contribution is -2.55. The van der Waals surface area contributed by atoms with E-state index in [9.17, 15) is 22.8 Å². The van der Waals surface area contributed by atoms with Gasteiger partial charge in [-0.3, -0.25) is 14.8 Å². The number of fused-ring (bicyclic) bond motifs is 2. The second kappa shape index (κ2) is 10.6. The molecule has 2 atom stereocenters. The van der Waals surface area contributed by atoms with E-state index in [0.717, 1.165) is 61.1 Å². The fourth-order valence-electron chi connectivity index (χ4n) is 6.49. The van der Waals surface area contributed by atoms with Crippen LogP contribution in [0.1, 0.15) is 47.9 Å². The van der Waals surface area contributed by atoms with E-state index < -0.39 is 41.4 Å². The molecule has 3 heterocycles. The van der Waals surface area contributed by atoms with Crippen LogP contribution in [0.3, 0.4) is 0 Å². The third-order valence-corrected chi connectivity index (χ3v) is 8.71. The van der Waals surface area contributed by atoms with E-state index >= 15 is 0 Å². The standard InChI is InChI=1S/C34H29F3N4O3/c1-19-7-5-9-27-25(15-17-38-29(19)27)21(3)33(22(4)26-16-18-39-30-20(2)8-6-10-28(26)30)31(42)41(32(43)40-33)23-11-13-24(14-12-23)44-34(35,36)37/h5-18,21-22H,1-4H3,(H,40,43). The molecule has 1 saturated heterocycles. The van der Waals surface area contributed by atoms with Crippen LogP contribution in [0.4, 0.5) is 23.7 Å². The maximum absolute atomic E-state index is 14.8. The Morgan fingerprint density at radius 2 is 1.27 bits per heavy atom. The molecule has 44 heavy (non-hydrogen) atoms. The van der Waals surface area contributed by atoms with Crippen molar-refractivity contribution < 1.29 is 27.5 Å². The number of hydrogen-bond acceptors (Lipinski definition) is 5. The van der Waals surface area contributed by atoms with Gasteiger partial charge in [0.15, 0.2) is 0 Å². The number of carbonyl (C=O) groups is 2. The monoisotopic (exact) mass is 598 g/mol. The second-order valence-electron chi connectivity index (χ2n) is 11.2. The number of aromatic nitrogens is 2. The summed E-state index contributed by atoms with van der Waals surface area (Å²) in [6, 6.07) is 19.4. The average molecular weight is 599 g/mol. The summed E-state index contributed by atoms with van der Waals surface area (Å²) >= 11 is 0. The molecule has 1 aliphatic rings. The number of pyridine rings is 2. The van der Waals surface area contributed by atoms with Crippen molar-refractivity contribution in [3.05, 3.63) is 107 Å². The molecule has 0 radical (unpaired) electrons. The molecular weight excluding hydrogens is 569 g/mol. The van der Waals surface area contributed by atoms with E-state index in [4.69, 9.17) is 0 Å².